The van der Waals surface area contributed by atoms with Gasteiger partial charge in [-0.05, 0) is 18.6 Å². The van der Waals surface area contributed by atoms with Crippen LogP contribution in [0.2, 0.25) is 10.0 Å². The summed E-state index contributed by atoms with van der Waals surface area (Å²) in [4.78, 5) is 15.1. The summed E-state index contributed by atoms with van der Waals surface area (Å²) in [6, 6.07) is 4.98. The molecule has 1 aromatic heterocycles. The van der Waals surface area contributed by atoms with E-state index in [1.807, 2.05) is 0 Å². The van der Waals surface area contributed by atoms with Gasteiger partial charge in [0.05, 0.1) is 15.7 Å². The fourth-order valence-electron chi connectivity index (χ4n) is 1.76. The van der Waals surface area contributed by atoms with Crippen LogP contribution in [0.4, 0.5) is 5.13 Å². The fourth-order valence-corrected chi connectivity index (χ4v) is 4.66. The maximum absolute atomic E-state index is 12.4. The van der Waals surface area contributed by atoms with E-state index in [9.17, 15) is 13.2 Å². The zero-order valence-corrected chi connectivity index (χ0v) is 15.3. The molecule has 0 radical (unpaired) electrons. The number of carbonyl (C=O) groups is 1. The normalized spacial score (nSPS) is 11.5. The molecule has 10 heteroatoms. The molecule has 23 heavy (non-hydrogen) atoms. The summed E-state index contributed by atoms with van der Waals surface area (Å²) in [7, 11) is -3.78. The molecule has 0 aliphatic carbocycles. The van der Waals surface area contributed by atoms with Crippen molar-refractivity contribution in [3.8, 4) is 0 Å². The number of sulfonamides is 1. The Morgan fingerprint density at radius 3 is 2.70 bits per heavy atom. The molecule has 1 heterocycles. The quantitative estimate of drug-likeness (QED) is 0.815. The minimum absolute atomic E-state index is 0.00542. The predicted molar refractivity (Wildman–Crippen MR) is 91.6 cm³/mol. The summed E-state index contributed by atoms with van der Waals surface area (Å²) in [5, 5.41) is 3.35. The van der Waals surface area contributed by atoms with Crippen molar-refractivity contribution in [2.75, 3.05) is 5.32 Å². The number of rotatable bonds is 5. The number of nitrogens with zero attached hydrogens (tertiary/aromatic N) is 1. The van der Waals surface area contributed by atoms with Gasteiger partial charge >= 0.3 is 0 Å². The number of aryl methyl sites for hydroxylation is 1. The summed E-state index contributed by atoms with van der Waals surface area (Å²) in [6.45, 7) is 2.88. The van der Waals surface area contributed by atoms with E-state index in [2.05, 4.69) is 15.0 Å². The van der Waals surface area contributed by atoms with Crippen molar-refractivity contribution in [3.05, 3.63) is 39.5 Å². The van der Waals surface area contributed by atoms with E-state index in [0.717, 1.165) is 11.3 Å². The molecule has 124 valence electrons. The van der Waals surface area contributed by atoms with Gasteiger partial charge in [-0.1, -0.05) is 46.7 Å². The molecule has 0 saturated heterocycles. The number of aromatic nitrogens is 1. The molecule has 0 saturated carbocycles. The highest BCUT2D eigenvalue weighted by Crippen LogP contribution is 2.28. The molecule has 1 amide bonds. The number of anilines is 1. The Kier molecular flexibility index (Phi) is 5.64. The average molecular weight is 394 g/mol. The van der Waals surface area contributed by atoms with E-state index >= 15 is 0 Å². The van der Waals surface area contributed by atoms with Gasteiger partial charge in [-0.25, -0.2) is 18.1 Å². The number of hydrogen-bond acceptors (Lipinski definition) is 5. The number of hydrogen-bond donors (Lipinski definition) is 2. The van der Waals surface area contributed by atoms with Gasteiger partial charge in [-0.15, -0.1) is 0 Å². The second kappa shape index (κ2) is 7.14. The van der Waals surface area contributed by atoms with E-state index in [-0.39, 0.29) is 21.8 Å². The zero-order chi connectivity index (χ0) is 17.2. The van der Waals surface area contributed by atoms with Gasteiger partial charge in [0, 0.05) is 13.5 Å². The number of halogens is 2. The van der Waals surface area contributed by atoms with Crippen LogP contribution in [0.25, 0.3) is 0 Å². The Bertz CT molecular complexity index is 850. The minimum atomic E-state index is -3.78. The van der Waals surface area contributed by atoms with Crippen LogP contribution < -0.4 is 10.0 Å². The van der Waals surface area contributed by atoms with Crippen LogP contribution in [0.3, 0.4) is 0 Å². The second-order valence-corrected chi connectivity index (χ2v) is 8.36. The van der Waals surface area contributed by atoms with Crippen molar-refractivity contribution in [2.45, 2.75) is 24.6 Å². The first kappa shape index (κ1) is 18.2. The van der Waals surface area contributed by atoms with Crippen molar-refractivity contribution in [1.29, 1.82) is 0 Å². The predicted octanol–water partition coefficient (Wildman–Crippen LogP) is 3.20. The first-order valence-corrected chi connectivity index (χ1v) is 9.44. The third kappa shape index (κ3) is 4.42. The van der Waals surface area contributed by atoms with E-state index in [4.69, 9.17) is 23.2 Å². The molecular weight excluding hydrogens is 381 g/mol. The smallest absolute Gasteiger partial charge is 0.252 e. The molecule has 6 nitrogen and oxygen atoms in total. The lowest BCUT2D eigenvalue weighted by Gasteiger charge is -2.08. The summed E-state index contributed by atoms with van der Waals surface area (Å²) in [5.41, 5.74) is 0.871. The number of benzene rings is 1. The van der Waals surface area contributed by atoms with Crippen molar-refractivity contribution >= 4 is 55.6 Å². The summed E-state index contributed by atoms with van der Waals surface area (Å²) < 4.78 is 27.3. The highest BCUT2D eigenvalue weighted by molar-refractivity contribution is 7.91. The SMILES string of the molecule is CC(=O)Nc1nc(C)c(S(=O)(=O)NCc2cccc(Cl)c2Cl)s1. The number of carbonyl (C=O) groups excluding carboxylic acids is 1. The Balaban J connectivity index is 2.20. The molecule has 0 fully saturated rings. The van der Waals surface area contributed by atoms with Gasteiger partial charge in [0.15, 0.2) is 9.34 Å². The lowest BCUT2D eigenvalue weighted by molar-refractivity contribution is -0.114. The number of nitrogens with one attached hydrogen (secondary N) is 2. The maximum atomic E-state index is 12.4. The molecule has 1 aromatic carbocycles. The highest BCUT2D eigenvalue weighted by atomic mass is 35.5. The molecule has 0 unspecified atom stereocenters. The Hall–Kier alpha value is -1.19. The largest absolute Gasteiger partial charge is 0.302 e. The molecule has 2 N–H and O–H groups in total. The lowest BCUT2D eigenvalue weighted by Crippen LogP contribution is -2.23. The van der Waals surface area contributed by atoms with Crippen molar-refractivity contribution < 1.29 is 13.2 Å². The second-order valence-electron chi connectivity index (χ2n) is 4.61. The standard InChI is InChI=1S/C13H13Cl2N3O3S2/c1-7-12(22-13(17-7)18-8(2)19)23(20,21)16-6-9-4-3-5-10(14)11(9)15/h3-5,16H,6H2,1-2H3,(H,17,18,19). The van der Waals surface area contributed by atoms with Crippen molar-refractivity contribution in [2.24, 2.45) is 0 Å². The summed E-state index contributed by atoms with van der Waals surface area (Å²) in [5.74, 6) is -0.318. The van der Waals surface area contributed by atoms with Gasteiger partial charge in [-0.2, -0.15) is 0 Å². The van der Waals surface area contributed by atoms with Gasteiger partial charge < -0.3 is 5.32 Å². The Morgan fingerprint density at radius 1 is 1.35 bits per heavy atom. The Morgan fingerprint density at radius 2 is 2.04 bits per heavy atom. The summed E-state index contributed by atoms with van der Waals surface area (Å²) in [6.07, 6.45) is 0. The van der Waals surface area contributed by atoms with Gasteiger partial charge in [0.2, 0.25) is 5.91 Å². The zero-order valence-electron chi connectivity index (χ0n) is 12.2. The van der Waals surface area contributed by atoms with Crippen LogP contribution >= 0.6 is 34.5 Å². The van der Waals surface area contributed by atoms with Gasteiger partial charge in [-0.3, -0.25) is 4.79 Å². The van der Waals surface area contributed by atoms with E-state index < -0.39 is 10.0 Å². The van der Waals surface area contributed by atoms with Crippen LogP contribution in [0.15, 0.2) is 22.4 Å². The molecule has 0 aliphatic rings. The van der Waals surface area contributed by atoms with Gasteiger partial charge in [0.1, 0.15) is 0 Å². The third-order valence-corrected chi connectivity index (χ3v) is 6.71. The van der Waals surface area contributed by atoms with Crippen LogP contribution in [-0.2, 0) is 21.4 Å². The Labute approximate surface area is 147 Å². The van der Waals surface area contributed by atoms with Crippen molar-refractivity contribution in [1.82, 2.24) is 9.71 Å². The topological polar surface area (TPSA) is 88.2 Å². The molecule has 0 bridgehead atoms. The average Bonchev–Trinajstić information content (AvgIpc) is 2.81. The highest BCUT2D eigenvalue weighted by Gasteiger charge is 2.22. The van der Waals surface area contributed by atoms with Crippen molar-refractivity contribution in [3.63, 3.8) is 0 Å². The minimum Gasteiger partial charge on any atom is -0.302 e. The third-order valence-electron chi connectivity index (χ3n) is 2.77. The first-order chi connectivity index (χ1) is 10.7. The molecule has 0 spiro atoms. The van der Waals surface area contributed by atoms with E-state index in [1.165, 1.54) is 6.92 Å². The number of thiazole rings is 1. The first-order valence-electron chi connectivity index (χ1n) is 6.38. The van der Waals surface area contributed by atoms with Crippen LogP contribution in [0.5, 0.6) is 0 Å². The van der Waals surface area contributed by atoms with Gasteiger partial charge in [0.25, 0.3) is 10.0 Å². The molecule has 2 rings (SSSR count). The van der Waals surface area contributed by atoms with Crippen LogP contribution in [-0.4, -0.2) is 19.3 Å². The molecular formula is C13H13Cl2N3O3S2. The number of amides is 1. The summed E-state index contributed by atoms with van der Waals surface area (Å²) >= 11 is 12.8. The lowest BCUT2D eigenvalue weighted by atomic mass is 10.2. The fraction of sp³-hybridized carbons (Fsp3) is 0.231. The van der Waals surface area contributed by atoms with E-state index in [0.29, 0.717) is 21.3 Å². The molecule has 0 atom stereocenters. The van der Waals surface area contributed by atoms with E-state index in [1.54, 1.807) is 25.1 Å². The van der Waals surface area contributed by atoms with Crippen LogP contribution in [0, 0.1) is 6.92 Å². The maximum Gasteiger partial charge on any atom is 0.252 e. The van der Waals surface area contributed by atoms with Crippen LogP contribution in [0.1, 0.15) is 18.2 Å². The molecule has 2 aromatic rings. The monoisotopic (exact) mass is 393 g/mol. The molecule has 0 aliphatic heterocycles.